The zero-order chi connectivity index (χ0) is 30.5. The number of hydrogen-bond acceptors (Lipinski definition) is 2. The van der Waals surface area contributed by atoms with Crippen molar-refractivity contribution in [3.63, 3.8) is 0 Å². The molecule has 4 heteroatoms. The van der Waals surface area contributed by atoms with Crippen LogP contribution >= 0.6 is 0 Å². The maximum atomic E-state index is 5.54. The van der Waals surface area contributed by atoms with Gasteiger partial charge in [0, 0.05) is 27.4 Å². The largest absolute Gasteiger partial charge is 0.355 e. The number of fused-ring (bicyclic) bond motifs is 8. The van der Waals surface area contributed by atoms with Gasteiger partial charge in [0.25, 0.3) is 0 Å². The molecule has 0 amide bonds. The Balaban J connectivity index is 1.91. The van der Waals surface area contributed by atoms with E-state index in [4.69, 9.17) is 9.97 Å². The zero-order valence-corrected chi connectivity index (χ0v) is 27.5. The SMILES string of the molecule is CCC1=C(CC)c2cc3[nH]c(c(CC)c3CC)c3cccc4c3nc(cc3[nH]c(cc1n2)c(CC)c3CC)C4(CC)CC. The Bertz CT molecular complexity index is 1910. The first-order valence-corrected chi connectivity index (χ1v) is 16.9. The lowest BCUT2D eigenvalue weighted by Gasteiger charge is -2.27. The molecule has 43 heavy (non-hydrogen) atoms. The molecule has 2 aliphatic heterocycles. The Labute approximate surface area is 257 Å². The lowest BCUT2D eigenvalue weighted by Crippen LogP contribution is -2.23. The molecule has 4 nitrogen and oxygen atoms in total. The molecular weight excluding hydrogens is 524 g/mol. The third-order valence-electron chi connectivity index (χ3n) is 10.5. The fraction of sp³-hybridized carbons (Fsp3) is 0.436. The summed E-state index contributed by atoms with van der Waals surface area (Å²) in [5, 5.41) is 1.22. The minimum Gasteiger partial charge on any atom is -0.355 e. The minimum absolute atomic E-state index is 0.111. The van der Waals surface area contributed by atoms with Crippen LogP contribution in [0.4, 0.5) is 0 Å². The van der Waals surface area contributed by atoms with Gasteiger partial charge in [-0.2, -0.15) is 0 Å². The highest BCUT2D eigenvalue weighted by Gasteiger charge is 2.38. The molecule has 2 N–H and O–H groups in total. The topological polar surface area (TPSA) is 57.4 Å². The molecule has 224 valence electrons. The second-order valence-electron chi connectivity index (χ2n) is 12.2. The second-order valence-corrected chi connectivity index (χ2v) is 12.2. The van der Waals surface area contributed by atoms with E-state index >= 15 is 0 Å². The first kappa shape index (κ1) is 29.4. The molecule has 0 radical (unpaired) electrons. The van der Waals surface area contributed by atoms with Crippen LogP contribution in [0.2, 0.25) is 0 Å². The molecule has 0 fully saturated rings. The van der Waals surface area contributed by atoms with E-state index in [1.807, 2.05) is 0 Å². The molecule has 2 aliphatic rings. The average Bonchev–Trinajstić information content (AvgIpc) is 3.74. The van der Waals surface area contributed by atoms with Crippen LogP contribution < -0.4 is 0 Å². The van der Waals surface area contributed by atoms with Crippen molar-refractivity contribution < 1.29 is 0 Å². The van der Waals surface area contributed by atoms with E-state index in [0.29, 0.717) is 0 Å². The van der Waals surface area contributed by atoms with Gasteiger partial charge in [0.1, 0.15) is 0 Å². The number of nitrogens with one attached hydrogen (secondary N) is 2. The van der Waals surface area contributed by atoms with Crippen molar-refractivity contribution in [1.29, 1.82) is 0 Å². The van der Waals surface area contributed by atoms with Gasteiger partial charge < -0.3 is 9.97 Å². The Morgan fingerprint density at radius 1 is 0.581 bits per heavy atom. The molecule has 0 saturated carbocycles. The van der Waals surface area contributed by atoms with Crippen LogP contribution in [0, 0.1) is 0 Å². The summed E-state index contributed by atoms with van der Waals surface area (Å²) in [6.45, 7) is 18.3. The molecule has 8 bridgehead atoms. The van der Waals surface area contributed by atoms with Crippen molar-refractivity contribution in [2.24, 2.45) is 0 Å². The maximum Gasteiger partial charge on any atom is 0.0768 e. The van der Waals surface area contributed by atoms with Crippen molar-refractivity contribution in [3.05, 3.63) is 81.3 Å². The van der Waals surface area contributed by atoms with Gasteiger partial charge in [-0.05, 0) is 109 Å². The van der Waals surface area contributed by atoms with Gasteiger partial charge in [-0.3, -0.25) is 4.98 Å². The van der Waals surface area contributed by atoms with Gasteiger partial charge in [-0.25, -0.2) is 4.98 Å². The van der Waals surface area contributed by atoms with Crippen LogP contribution in [0.15, 0.2) is 36.4 Å². The van der Waals surface area contributed by atoms with Crippen molar-refractivity contribution in [2.75, 3.05) is 0 Å². The Morgan fingerprint density at radius 2 is 1.12 bits per heavy atom. The van der Waals surface area contributed by atoms with Crippen molar-refractivity contribution in [3.8, 4) is 0 Å². The van der Waals surface area contributed by atoms with E-state index in [1.165, 1.54) is 72.1 Å². The molecule has 0 saturated heterocycles. The van der Waals surface area contributed by atoms with Gasteiger partial charge >= 0.3 is 0 Å². The fourth-order valence-corrected chi connectivity index (χ4v) is 8.21. The molecule has 4 aromatic rings. The first-order chi connectivity index (χ1) is 20.9. The van der Waals surface area contributed by atoms with E-state index < -0.39 is 0 Å². The predicted octanol–water partition coefficient (Wildman–Crippen LogP) is 10.6. The molecule has 0 atom stereocenters. The molecule has 0 unspecified atom stereocenters. The summed E-state index contributed by atoms with van der Waals surface area (Å²) in [6, 6.07) is 13.9. The second kappa shape index (κ2) is 11.4. The average molecular weight is 573 g/mol. The Kier molecular flexibility index (Phi) is 7.83. The van der Waals surface area contributed by atoms with Crippen molar-refractivity contribution >= 4 is 44.1 Å². The lowest BCUT2D eigenvalue weighted by molar-refractivity contribution is 0.482. The summed E-state index contributed by atoms with van der Waals surface area (Å²) in [5.74, 6) is 0. The minimum atomic E-state index is -0.111. The number of nitrogens with zero attached hydrogens (tertiary/aromatic N) is 2. The van der Waals surface area contributed by atoms with Crippen molar-refractivity contribution in [2.45, 2.75) is 112 Å². The van der Waals surface area contributed by atoms with Crippen LogP contribution in [0.25, 0.3) is 44.1 Å². The van der Waals surface area contributed by atoms with E-state index in [0.717, 1.165) is 68.3 Å². The Hall–Kier alpha value is -3.66. The molecule has 3 aromatic heterocycles. The van der Waals surface area contributed by atoms with Gasteiger partial charge in [-0.1, -0.05) is 73.6 Å². The summed E-state index contributed by atoms with van der Waals surface area (Å²) in [5.41, 5.74) is 18.9. The number of allylic oxidation sites excluding steroid dienone is 2. The normalized spacial score (nSPS) is 14.4. The predicted molar refractivity (Wildman–Crippen MR) is 185 cm³/mol. The first-order valence-electron chi connectivity index (χ1n) is 16.9. The number of aromatic nitrogens is 4. The summed E-state index contributed by atoms with van der Waals surface area (Å²) < 4.78 is 0. The van der Waals surface area contributed by atoms with Gasteiger partial charge in [0.2, 0.25) is 0 Å². The highest BCUT2D eigenvalue weighted by molar-refractivity contribution is 6.00. The third kappa shape index (κ3) is 4.31. The van der Waals surface area contributed by atoms with E-state index in [1.54, 1.807) is 0 Å². The number of H-pyrrole nitrogens is 2. The quantitative estimate of drug-likeness (QED) is 0.221. The smallest absolute Gasteiger partial charge is 0.0768 e. The van der Waals surface area contributed by atoms with Crippen LogP contribution in [0.5, 0.6) is 0 Å². The Morgan fingerprint density at radius 3 is 1.65 bits per heavy atom. The van der Waals surface area contributed by atoms with Crippen LogP contribution in [-0.2, 0) is 31.1 Å². The van der Waals surface area contributed by atoms with E-state index in [-0.39, 0.29) is 5.41 Å². The summed E-state index contributed by atoms with van der Waals surface area (Å²) >= 11 is 0. The number of para-hydroxylation sites is 1. The number of aryl methyl sites for hydroxylation is 4. The summed E-state index contributed by atoms with van der Waals surface area (Å²) in [7, 11) is 0. The van der Waals surface area contributed by atoms with E-state index in [2.05, 4.69) is 102 Å². The van der Waals surface area contributed by atoms with Crippen LogP contribution in [-0.4, -0.2) is 19.9 Å². The maximum absolute atomic E-state index is 5.54. The van der Waals surface area contributed by atoms with Gasteiger partial charge in [-0.15, -0.1) is 0 Å². The summed E-state index contributed by atoms with van der Waals surface area (Å²) in [4.78, 5) is 18.7. The third-order valence-corrected chi connectivity index (χ3v) is 10.5. The highest BCUT2D eigenvalue weighted by atomic mass is 14.8. The molecule has 1 aromatic carbocycles. The fourth-order valence-electron chi connectivity index (χ4n) is 8.21. The molecule has 6 rings (SSSR count). The standard InChI is InChI=1S/C39H48N4/c1-9-23-24(10-2)33-21-34-27(13-5)28(14-6)37(42-34)29-18-17-19-30-38(29)43-36(39(30,15-7)16-8)22-35-26(12-4)25(11-3)32(41-35)20-31(23)40-33/h17-22,41-42H,9-16H2,1-8H3. The zero-order valence-electron chi connectivity index (χ0n) is 27.5. The van der Waals surface area contributed by atoms with Crippen LogP contribution in [0.3, 0.4) is 0 Å². The highest BCUT2D eigenvalue weighted by Crippen LogP contribution is 2.46. The lowest BCUT2D eigenvalue weighted by atomic mass is 9.74. The van der Waals surface area contributed by atoms with E-state index in [9.17, 15) is 0 Å². The number of aromatic amines is 2. The van der Waals surface area contributed by atoms with Crippen LogP contribution in [0.1, 0.15) is 126 Å². The van der Waals surface area contributed by atoms with Gasteiger partial charge in [0.05, 0.1) is 28.1 Å². The van der Waals surface area contributed by atoms with Crippen molar-refractivity contribution in [1.82, 2.24) is 19.9 Å². The molecule has 0 aliphatic carbocycles. The molecular formula is C39H48N4. The van der Waals surface area contributed by atoms with Gasteiger partial charge in [0.15, 0.2) is 0 Å². The number of benzene rings is 1. The monoisotopic (exact) mass is 572 g/mol. The molecule has 5 heterocycles. The summed E-state index contributed by atoms with van der Waals surface area (Å²) in [6.07, 6.45) is 7.88. The number of hydrogen-bond donors (Lipinski definition) is 2. The number of rotatable bonds is 8. The molecule has 0 spiro atoms.